The van der Waals surface area contributed by atoms with E-state index in [1.165, 1.54) is 15.6 Å². The van der Waals surface area contributed by atoms with Crippen LogP contribution in [0.2, 0.25) is 0 Å². The molecule has 0 fully saturated rings. The van der Waals surface area contributed by atoms with Gasteiger partial charge < -0.3 is 10.1 Å². The Morgan fingerprint density at radius 2 is 2.04 bits per heavy atom. The van der Waals surface area contributed by atoms with Crippen LogP contribution in [0.3, 0.4) is 0 Å². The second-order valence-corrected chi connectivity index (χ2v) is 10.3. The third-order valence-corrected chi connectivity index (χ3v) is 7.71. The van der Waals surface area contributed by atoms with Crippen LogP contribution in [0.4, 0.5) is 9.93 Å². The summed E-state index contributed by atoms with van der Waals surface area (Å²) in [6, 6.07) is 7.07. The van der Waals surface area contributed by atoms with Gasteiger partial charge in [-0.05, 0) is 31.5 Å². The number of aromatic nitrogens is 1. The number of fused-ring (bicyclic) bond motifs is 1. The number of nitrogens with zero attached hydrogens (tertiary/aromatic N) is 2. The fourth-order valence-electron chi connectivity index (χ4n) is 2.81. The van der Waals surface area contributed by atoms with Gasteiger partial charge in [-0.1, -0.05) is 23.5 Å². The number of nitrogens with one attached hydrogen (secondary N) is 2. The molecule has 1 aliphatic heterocycles. The molecule has 1 aromatic heterocycles. The Labute approximate surface area is 169 Å². The number of amides is 2. The summed E-state index contributed by atoms with van der Waals surface area (Å²) in [6.45, 7) is 4.46. The second kappa shape index (κ2) is 8.46. The Kier molecular flexibility index (Phi) is 6.21. The number of methoxy groups -OCH3 is 1. The first kappa shape index (κ1) is 20.6. The van der Waals surface area contributed by atoms with Gasteiger partial charge in [-0.3, -0.25) is 5.32 Å². The fourth-order valence-corrected chi connectivity index (χ4v) is 5.16. The van der Waals surface area contributed by atoms with Gasteiger partial charge in [-0.15, -0.1) is 0 Å². The van der Waals surface area contributed by atoms with E-state index in [1.807, 2.05) is 24.3 Å². The number of hydrogen-bond acceptors (Lipinski definition) is 6. The zero-order valence-electron chi connectivity index (χ0n) is 16.1. The van der Waals surface area contributed by atoms with E-state index in [1.54, 1.807) is 21.0 Å². The number of benzene rings is 1. The minimum atomic E-state index is -3.30. The topological polar surface area (TPSA) is 101 Å². The van der Waals surface area contributed by atoms with Gasteiger partial charge >= 0.3 is 6.03 Å². The number of carbonyl (C=O) groups is 1. The highest BCUT2D eigenvalue weighted by Gasteiger charge is 2.31. The van der Waals surface area contributed by atoms with Crippen molar-refractivity contribution >= 4 is 32.5 Å². The van der Waals surface area contributed by atoms with E-state index in [2.05, 4.69) is 15.6 Å². The van der Waals surface area contributed by atoms with Crippen molar-refractivity contribution in [2.45, 2.75) is 38.6 Å². The fraction of sp³-hybridized carbons (Fsp3) is 0.444. The Balaban J connectivity index is 1.57. The number of anilines is 1. The first-order valence-electron chi connectivity index (χ1n) is 8.95. The van der Waals surface area contributed by atoms with Crippen LogP contribution in [-0.2, 0) is 29.5 Å². The van der Waals surface area contributed by atoms with Crippen molar-refractivity contribution in [2.24, 2.45) is 0 Å². The van der Waals surface area contributed by atoms with Gasteiger partial charge in [-0.2, -0.15) is 4.31 Å². The predicted molar refractivity (Wildman–Crippen MR) is 109 cm³/mol. The highest BCUT2D eigenvalue weighted by Crippen LogP contribution is 2.30. The zero-order valence-corrected chi connectivity index (χ0v) is 17.7. The molecule has 152 valence electrons. The maximum Gasteiger partial charge on any atom is 0.321 e. The summed E-state index contributed by atoms with van der Waals surface area (Å²) in [4.78, 5) is 17.5. The van der Waals surface area contributed by atoms with Crippen molar-refractivity contribution in [2.75, 3.05) is 19.0 Å². The summed E-state index contributed by atoms with van der Waals surface area (Å²) in [6.07, 6.45) is 0.549. The summed E-state index contributed by atoms with van der Waals surface area (Å²) in [7, 11) is -1.69. The molecule has 0 atom stereocenters. The van der Waals surface area contributed by atoms with E-state index in [9.17, 15) is 13.2 Å². The molecule has 2 heterocycles. The molecule has 2 amide bonds. The van der Waals surface area contributed by atoms with Crippen LogP contribution in [-0.4, -0.2) is 42.6 Å². The lowest BCUT2D eigenvalue weighted by molar-refractivity contribution is 0.251. The van der Waals surface area contributed by atoms with Crippen LogP contribution in [0.15, 0.2) is 24.3 Å². The molecule has 0 saturated carbocycles. The third-order valence-electron chi connectivity index (χ3n) is 4.48. The van der Waals surface area contributed by atoms with Crippen LogP contribution in [0, 0.1) is 0 Å². The normalized spacial score (nSPS) is 14.6. The number of carbonyl (C=O) groups excluding carboxylic acids is 1. The van der Waals surface area contributed by atoms with E-state index in [4.69, 9.17) is 4.74 Å². The number of rotatable bonds is 6. The molecule has 8 nitrogen and oxygen atoms in total. The van der Waals surface area contributed by atoms with Crippen LogP contribution >= 0.6 is 11.3 Å². The molecule has 0 radical (unpaired) electrons. The van der Waals surface area contributed by atoms with E-state index < -0.39 is 15.3 Å². The van der Waals surface area contributed by atoms with Gasteiger partial charge in [0.1, 0.15) is 5.75 Å². The summed E-state index contributed by atoms with van der Waals surface area (Å²) in [5, 5.41) is 5.53. The van der Waals surface area contributed by atoms with Crippen LogP contribution in [0.25, 0.3) is 0 Å². The molecule has 28 heavy (non-hydrogen) atoms. The van der Waals surface area contributed by atoms with Crippen molar-refractivity contribution in [3.8, 4) is 5.75 Å². The number of sulfonamides is 1. The molecule has 0 aliphatic carbocycles. The maximum absolute atomic E-state index is 12.4. The lowest BCUT2D eigenvalue weighted by Gasteiger charge is -2.26. The van der Waals surface area contributed by atoms with Crippen LogP contribution in [0.5, 0.6) is 5.75 Å². The zero-order chi connectivity index (χ0) is 20.3. The number of ether oxygens (including phenoxy) is 1. The Bertz CT molecular complexity index is 939. The van der Waals surface area contributed by atoms with Gasteiger partial charge in [0.15, 0.2) is 5.13 Å². The van der Waals surface area contributed by atoms with Crippen LogP contribution in [0.1, 0.15) is 30.0 Å². The van der Waals surface area contributed by atoms with Crippen molar-refractivity contribution in [1.29, 1.82) is 0 Å². The lowest BCUT2D eigenvalue weighted by Crippen LogP contribution is -2.39. The van der Waals surface area contributed by atoms with Gasteiger partial charge in [0.25, 0.3) is 0 Å². The summed E-state index contributed by atoms with van der Waals surface area (Å²) < 4.78 is 31.3. The first-order valence-corrected chi connectivity index (χ1v) is 11.3. The standard InChI is InChI=1S/C18H24N4O4S2/c1-12(2)28(24,25)22-9-8-15-16(11-22)27-18(20-15)21-17(23)19-10-13-4-6-14(26-3)7-5-13/h4-7,12H,8-11H2,1-3H3,(H2,19,20,21,23). The Morgan fingerprint density at radius 3 is 2.68 bits per heavy atom. The highest BCUT2D eigenvalue weighted by molar-refractivity contribution is 7.89. The van der Waals surface area contributed by atoms with Crippen LogP contribution < -0.4 is 15.4 Å². The molecular formula is C18H24N4O4S2. The van der Waals surface area contributed by atoms with Gasteiger partial charge in [0, 0.05) is 30.9 Å². The molecule has 0 saturated heterocycles. The SMILES string of the molecule is COc1ccc(CNC(=O)Nc2nc3c(s2)CN(S(=O)(=O)C(C)C)CC3)cc1. The van der Waals surface area contributed by atoms with Gasteiger partial charge in [0.05, 0.1) is 18.1 Å². The molecule has 2 N–H and O–H groups in total. The molecule has 2 aromatic rings. The molecular weight excluding hydrogens is 400 g/mol. The van der Waals surface area contributed by atoms with E-state index in [0.29, 0.717) is 31.2 Å². The molecule has 3 rings (SSSR count). The van der Waals surface area contributed by atoms with E-state index in [-0.39, 0.29) is 6.03 Å². The molecule has 0 unspecified atom stereocenters. The van der Waals surface area contributed by atoms with E-state index in [0.717, 1.165) is 21.9 Å². The minimum Gasteiger partial charge on any atom is -0.497 e. The second-order valence-electron chi connectivity index (χ2n) is 6.72. The van der Waals surface area contributed by atoms with Gasteiger partial charge in [0.2, 0.25) is 10.0 Å². The molecule has 0 bridgehead atoms. The lowest BCUT2D eigenvalue weighted by atomic mass is 10.2. The van der Waals surface area contributed by atoms with Crippen molar-refractivity contribution in [3.05, 3.63) is 40.4 Å². The summed E-state index contributed by atoms with van der Waals surface area (Å²) in [5.41, 5.74) is 1.80. The van der Waals surface area contributed by atoms with Crippen molar-refractivity contribution < 1.29 is 17.9 Å². The molecule has 1 aliphatic rings. The largest absolute Gasteiger partial charge is 0.497 e. The average molecular weight is 425 g/mol. The molecule has 10 heteroatoms. The van der Waals surface area contributed by atoms with Crippen molar-refractivity contribution in [1.82, 2.24) is 14.6 Å². The van der Waals surface area contributed by atoms with Crippen molar-refractivity contribution in [3.63, 3.8) is 0 Å². The predicted octanol–water partition coefficient (Wildman–Crippen LogP) is 2.57. The quantitative estimate of drug-likeness (QED) is 0.742. The minimum absolute atomic E-state index is 0.308. The Morgan fingerprint density at radius 1 is 1.32 bits per heavy atom. The average Bonchev–Trinajstić information content (AvgIpc) is 3.07. The number of hydrogen-bond donors (Lipinski definition) is 2. The van der Waals surface area contributed by atoms with Gasteiger partial charge in [-0.25, -0.2) is 18.2 Å². The summed E-state index contributed by atoms with van der Waals surface area (Å²) in [5.74, 6) is 0.759. The maximum atomic E-state index is 12.4. The Hall–Kier alpha value is -2.17. The summed E-state index contributed by atoms with van der Waals surface area (Å²) >= 11 is 1.32. The number of urea groups is 1. The highest BCUT2D eigenvalue weighted by atomic mass is 32.2. The molecule has 0 spiro atoms. The number of thiazole rings is 1. The molecule has 1 aromatic carbocycles. The third kappa shape index (κ3) is 4.62. The smallest absolute Gasteiger partial charge is 0.321 e. The monoisotopic (exact) mass is 424 g/mol. The van der Waals surface area contributed by atoms with E-state index >= 15 is 0 Å². The first-order chi connectivity index (χ1) is 13.3.